The highest BCUT2D eigenvalue weighted by Gasteiger charge is 2.42. The Labute approximate surface area is 341 Å². The van der Waals surface area contributed by atoms with E-state index in [-0.39, 0.29) is 11.9 Å². The number of rotatable bonds is 10. The Balaban J connectivity index is 1.14. The number of aryl methyl sites for hydroxylation is 6. The zero-order valence-electron chi connectivity index (χ0n) is 33.3. The Morgan fingerprint density at radius 3 is 2.46 bits per heavy atom. The van der Waals surface area contributed by atoms with Crippen LogP contribution in [0.3, 0.4) is 0 Å². The first-order valence-electron chi connectivity index (χ1n) is 19.5. The number of ether oxygens (including phenoxy) is 2. The molecule has 11 nitrogen and oxygen atoms in total. The van der Waals surface area contributed by atoms with Crippen molar-refractivity contribution in [2.24, 2.45) is 20.0 Å². The van der Waals surface area contributed by atoms with Crippen LogP contribution in [0.4, 0.5) is 5.69 Å². The summed E-state index contributed by atoms with van der Waals surface area (Å²) in [5, 5.41) is 12.2. The van der Waals surface area contributed by atoms with Crippen molar-refractivity contribution < 1.29 is 14.3 Å². The fourth-order valence-electron chi connectivity index (χ4n) is 8.80. The second-order valence-corrected chi connectivity index (χ2v) is 16.6. The van der Waals surface area contributed by atoms with Gasteiger partial charge >= 0.3 is 0 Å². The number of anilines is 1. The summed E-state index contributed by atoms with van der Waals surface area (Å²) in [6, 6.07) is 16.2. The van der Waals surface area contributed by atoms with Gasteiger partial charge in [-0.25, -0.2) is 4.98 Å². The second-order valence-electron chi connectivity index (χ2n) is 15.7. The molecule has 6 heterocycles. The fourth-order valence-corrected chi connectivity index (χ4v) is 9.21. The third-order valence-electron chi connectivity index (χ3n) is 11.8. The Hall–Kier alpha value is -5.10. The molecule has 0 spiro atoms. The van der Waals surface area contributed by atoms with Crippen LogP contribution in [-0.2, 0) is 31.8 Å². The summed E-state index contributed by atoms with van der Waals surface area (Å²) in [5.74, 6) is 1.73. The molecule has 4 aromatic heterocycles. The van der Waals surface area contributed by atoms with Gasteiger partial charge in [-0.3, -0.25) is 19.1 Å². The quantitative estimate of drug-likeness (QED) is 0.0778. The Morgan fingerprint density at radius 1 is 0.982 bits per heavy atom. The average Bonchev–Trinajstić information content (AvgIpc) is 3.92. The van der Waals surface area contributed by atoms with Gasteiger partial charge in [-0.1, -0.05) is 41.4 Å². The monoisotopic (exact) mass is 804 g/mol. The number of carbonyl (C=O) groups excluding carboxylic acids is 1. The molecule has 7 aromatic rings. The molecule has 57 heavy (non-hydrogen) atoms. The minimum Gasteiger partial charge on any atom is -0.494 e. The molecular formula is C44H46Cl2N8O3. The zero-order chi connectivity index (χ0) is 39.9. The van der Waals surface area contributed by atoms with E-state index in [1.807, 2.05) is 73.2 Å². The number of amides is 1. The second kappa shape index (κ2) is 14.4. The maximum atomic E-state index is 15.4. The molecule has 0 N–H and O–H groups in total. The fraction of sp³-hybridized carbons (Fsp3) is 0.364. The van der Waals surface area contributed by atoms with E-state index in [4.69, 9.17) is 42.9 Å². The molecule has 2 aliphatic heterocycles. The summed E-state index contributed by atoms with van der Waals surface area (Å²) in [6.45, 7) is 13.0. The standard InChI is InChI=1S/C44H46Cl2N8O3/c1-24-16-31(17-25(2)39(24)45)57-15-9-12-33-32-10-8-11-34(38-26(3)48-51(7)27(38)4)40(32)53-28(5)42(46)54(44(55)41(33)53)37-20-50(6)36-14-13-30(18-35(36)37)43-47-23-52(49-43)19-29-21-56-22-29/h8,10-11,13-14,16-18,20,23,28-29,42H,9,12,15,19,21-22H2,1-7H3/t28?,42-/m0/s1. The maximum Gasteiger partial charge on any atom is 0.276 e. The van der Waals surface area contributed by atoms with Crippen LogP contribution in [0.5, 0.6) is 5.75 Å². The van der Waals surface area contributed by atoms with Crippen molar-refractivity contribution in [1.82, 2.24) is 33.7 Å². The lowest BCUT2D eigenvalue weighted by Crippen LogP contribution is -2.47. The Kier molecular flexibility index (Phi) is 9.45. The van der Waals surface area contributed by atoms with Gasteiger partial charge in [0, 0.05) is 76.5 Å². The van der Waals surface area contributed by atoms with Gasteiger partial charge in [0.25, 0.3) is 5.91 Å². The Morgan fingerprint density at radius 2 is 1.75 bits per heavy atom. The molecule has 0 aliphatic carbocycles. The highest BCUT2D eigenvalue weighted by molar-refractivity contribution is 6.32. The molecule has 1 saturated heterocycles. The smallest absolute Gasteiger partial charge is 0.276 e. The van der Waals surface area contributed by atoms with Crippen LogP contribution < -0.4 is 9.64 Å². The van der Waals surface area contributed by atoms with E-state index >= 15 is 4.79 Å². The topological polar surface area (TPSA) is 97.2 Å². The van der Waals surface area contributed by atoms with Gasteiger partial charge in [-0.05, 0) is 94.5 Å². The van der Waals surface area contributed by atoms with E-state index in [1.165, 1.54) is 0 Å². The predicted octanol–water partition coefficient (Wildman–Crippen LogP) is 9.12. The van der Waals surface area contributed by atoms with Gasteiger partial charge in [0.15, 0.2) is 5.82 Å². The number of benzene rings is 3. The van der Waals surface area contributed by atoms with E-state index in [0.717, 1.165) is 103 Å². The number of halogens is 2. The van der Waals surface area contributed by atoms with Crippen molar-refractivity contribution >= 4 is 56.6 Å². The minimum absolute atomic E-state index is 0.141. The van der Waals surface area contributed by atoms with Crippen molar-refractivity contribution in [3.63, 3.8) is 0 Å². The highest BCUT2D eigenvalue weighted by Crippen LogP contribution is 2.46. The first-order valence-corrected chi connectivity index (χ1v) is 20.3. The first kappa shape index (κ1) is 37.5. The summed E-state index contributed by atoms with van der Waals surface area (Å²) in [7, 11) is 3.96. The number of nitrogens with zero attached hydrogens (tertiary/aromatic N) is 8. The van der Waals surface area contributed by atoms with Crippen LogP contribution in [0, 0.1) is 33.6 Å². The van der Waals surface area contributed by atoms with Crippen LogP contribution in [0.25, 0.3) is 44.3 Å². The number of para-hydroxylation sites is 1. The van der Waals surface area contributed by atoms with Gasteiger partial charge in [-0.2, -0.15) is 10.2 Å². The van der Waals surface area contributed by atoms with Crippen LogP contribution in [-0.4, -0.2) is 64.9 Å². The van der Waals surface area contributed by atoms with Crippen molar-refractivity contribution in [3.8, 4) is 28.3 Å². The SMILES string of the molecule is Cc1cc(OCCCc2c3n(c4c(-c5c(C)nn(C)c5C)cccc24)C(C)[C@@H](Cl)N(c2cn(C)c4ccc(-c5ncn(CC6COC6)n5)cc24)C3=O)cc(C)c1Cl. The molecule has 294 valence electrons. The zero-order valence-corrected chi connectivity index (χ0v) is 34.8. The lowest BCUT2D eigenvalue weighted by Gasteiger charge is -2.38. The number of carbonyl (C=O) groups is 1. The van der Waals surface area contributed by atoms with E-state index < -0.39 is 5.50 Å². The summed E-state index contributed by atoms with van der Waals surface area (Å²) in [6.07, 6.45) is 5.10. The third kappa shape index (κ3) is 6.22. The predicted molar refractivity (Wildman–Crippen MR) is 226 cm³/mol. The lowest BCUT2D eigenvalue weighted by molar-refractivity contribution is -0.0408. The van der Waals surface area contributed by atoms with Crippen molar-refractivity contribution in [1.29, 1.82) is 0 Å². The van der Waals surface area contributed by atoms with Gasteiger partial charge in [-0.15, -0.1) is 0 Å². The lowest BCUT2D eigenvalue weighted by atomic mass is 9.98. The van der Waals surface area contributed by atoms with Gasteiger partial charge in [0.2, 0.25) is 0 Å². The van der Waals surface area contributed by atoms with E-state index in [2.05, 4.69) is 53.7 Å². The first-order chi connectivity index (χ1) is 27.4. The molecule has 0 saturated carbocycles. The largest absolute Gasteiger partial charge is 0.494 e. The normalized spacial score (nSPS) is 17.2. The third-order valence-corrected chi connectivity index (χ3v) is 13.0. The molecule has 0 radical (unpaired) electrons. The van der Waals surface area contributed by atoms with Crippen LogP contribution in [0.2, 0.25) is 5.02 Å². The maximum absolute atomic E-state index is 15.4. The van der Waals surface area contributed by atoms with Crippen molar-refractivity contribution in [2.75, 3.05) is 24.7 Å². The molecular weight excluding hydrogens is 759 g/mol. The molecule has 13 heteroatoms. The Bertz CT molecular complexity index is 2700. The van der Waals surface area contributed by atoms with Gasteiger partial charge in [0.1, 0.15) is 23.3 Å². The molecule has 3 aromatic carbocycles. The summed E-state index contributed by atoms with van der Waals surface area (Å²) in [4.78, 5) is 21.8. The van der Waals surface area contributed by atoms with Crippen molar-refractivity contribution in [2.45, 2.75) is 65.5 Å². The molecule has 1 unspecified atom stereocenters. The molecule has 9 rings (SSSR count). The highest BCUT2D eigenvalue weighted by atomic mass is 35.5. The molecule has 2 aliphatic rings. The molecule has 0 bridgehead atoms. The van der Waals surface area contributed by atoms with Gasteiger partial charge < -0.3 is 18.6 Å². The van der Waals surface area contributed by atoms with Crippen LogP contribution in [0.15, 0.2) is 61.1 Å². The number of hydrogen-bond donors (Lipinski definition) is 0. The summed E-state index contributed by atoms with van der Waals surface area (Å²) >= 11 is 14.0. The van der Waals surface area contributed by atoms with Crippen molar-refractivity contribution in [3.05, 3.63) is 99.8 Å². The van der Waals surface area contributed by atoms with Crippen LogP contribution >= 0.6 is 23.2 Å². The van der Waals surface area contributed by atoms with Crippen LogP contribution in [0.1, 0.15) is 58.0 Å². The number of alkyl halides is 1. The summed E-state index contributed by atoms with van der Waals surface area (Å²) < 4.78 is 19.7. The van der Waals surface area contributed by atoms with E-state index in [1.54, 1.807) is 11.2 Å². The minimum atomic E-state index is -0.686. The van der Waals surface area contributed by atoms with Gasteiger partial charge in [0.05, 0.1) is 42.8 Å². The average molecular weight is 806 g/mol. The number of hydrogen-bond acceptors (Lipinski definition) is 6. The van der Waals surface area contributed by atoms with E-state index in [9.17, 15) is 0 Å². The molecule has 2 atom stereocenters. The summed E-state index contributed by atoms with van der Waals surface area (Å²) in [5.41, 5.74) is 10.6. The number of aromatic nitrogens is 7. The number of fused-ring (bicyclic) bond motifs is 4. The van der Waals surface area contributed by atoms with E-state index in [0.29, 0.717) is 36.9 Å². The molecule has 1 amide bonds. The molecule has 1 fully saturated rings.